The number of esters is 1. The number of benzene rings is 1. The van der Waals surface area contributed by atoms with Gasteiger partial charge in [-0.15, -0.1) is 0 Å². The number of hydrogen-bond donors (Lipinski definition) is 3. The summed E-state index contributed by atoms with van der Waals surface area (Å²) in [5.74, 6) is -2.01. The number of carboxylic acid groups (broad SMARTS) is 1. The molecule has 0 heterocycles. The average Bonchev–Trinajstić information content (AvgIpc) is 2.59. The number of amides is 1. The first kappa shape index (κ1) is 18.7. The summed E-state index contributed by atoms with van der Waals surface area (Å²) in [5, 5.41) is 22.7. The lowest BCUT2D eigenvalue weighted by Crippen LogP contribution is -2.26. The molecule has 1 amide bonds. The molecule has 0 aliphatic rings. The lowest BCUT2D eigenvalue weighted by atomic mass is 10.2. The number of methoxy groups -OCH3 is 1. The van der Waals surface area contributed by atoms with Gasteiger partial charge in [0.05, 0.1) is 12.7 Å². The quantitative estimate of drug-likeness (QED) is 0.283. The summed E-state index contributed by atoms with van der Waals surface area (Å²) in [4.78, 5) is 33.4. The molecule has 0 saturated carbocycles. The summed E-state index contributed by atoms with van der Waals surface area (Å²) in [6.45, 7) is 0.165. The lowest BCUT2D eigenvalue weighted by Gasteiger charge is -2.05. The summed E-state index contributed by atoms with van der Waals surface area (Å²) in [6, 6.07) is 8.04. The first-order chi connectivity index (χ1) is 11.5. The Bertz CT molecular complexity index is 674. The predicted molar refractivity (Wildman–Crippen MR) is 85.0 cm³/mol. The molecule has 0 unspecified atom stereocenters. The van der Waals surface area contributed by atoms with E-state index < -0.39 is 17.8 Å². The van der Waals surface area contributed by atoms with E-state index >= 15 is 0 Å². The highest BCUT2D eigenvalue weighted by Crippen LogP contribution is 2.11. The SMILES string of the molecule is COC(=O)c1ccc(N/C=C(/C#N)C(=O)NCCCC(=O)O)cc1. The third kappa shape index (κ3) is 6.19. The van der Waals surface area contributed by atoms with Crippen LogP contribution in [0.2, 0.25) is 0 Å². The van der Waals surface area contributed by atoms with Crippen molar-refractivity contribution in [1.29, 1.82) is 5.26 Å². The minimum absolute atomic E-state index is 0.0589. The maximum Gasteiger partial charge on any atom is 0.337 e. The van der Waals surface area contributed by atoms with Crippen LogP contribution in [-0.2, 0) is 14.3 Å². The fraction of sp³-hybridized carbons (Fsp3) is 0.250. The van der Waals surface area contributed by atoms with E-state index in [-0.39, 0.29) is 25.0 Å². The average molecular weight is 331 g/mol. The third-order valence-electron chi connectivity index (χ3n) is 2.91. The Balaban J connectivity index is 2.59. The van der Waals surface area contributed by atoms with Crippen molar-refractivity contribution < 1.29 is 24.2 Å². The number of aliphatic carboxylic acids is 1. The molecule has 8 heteroatoms. The molecule has 0 atom stereocenters. The van der Waals surface area contributed by atoms with Gasteiger partial charge in [-0.1, -0.05) is 0 Å². The Morgan fingerprint density at radius 2 is 1.96 bits per heavy atom. The van der Waals surface area contributed by atoms with Crippen molar-refractivity contribution in [2.24, 2.45) is 0 Å². The van der Waals surface area contributed by atoms with E-state index in [1.165, 1.54) is 13.3 Å². The molecular formula is C16H17N3O5. The van der Waals surface area contributed by atoms with Gasteiger partial charge in [-0.25, -0.2) is 4.79 Å². The van der Waals surface area contributed by atoms with E-state index in [1.54, 1.807) is 30.3 Å². The molecule has 0 saturated heterocycles. The zero-order valence-corrected chi connectivity index (χ0v) is 13.0. The third-order valence-corrected chi connectivity index (χ3v) is 2.91. The van der Waals surface area contributed by atoms with Crippen molar-refractivity contribution in [2.75, 3.05) is 19.0 Å². The van der Waals surface area contributed by atoms with Crippen LogP contribution in [-0.4, -0.2) is 36.6 Å². The van der Waals surface area contributed by atoms with Gasteiger partial charge in [0.15, 0.2) is 0 Å². The summed E-state index contributed by atoms with van der Waals surface area (Å²) in [5.41, 5.74) is 0.806. The molecular weight excluding hydrogens is 314 g/mol. The molecule has 1 aromatic rings. The number of nitriles is 1. The Kier molecular flexibility index (Phi) is 7.51. The standard InChI is InChI=1S/C16H17N3O5/c1-24-16(23)11-4-6-13(7-5-11)19-10-12(9-17)15(22)18-8-2-3-14(20)21/h4-7,10,19H,2-3,8H2,1H3,(H,18,22)(H,20,21)/b12-10-. The topological polar surface area (TPSA) is 129 Å². The van der Waals surface area contributed by atoms with E-state index in [0.29, 0.717) is 11.3 Å². The van der Waals surface area contributed by atoms with Crippen LogP contribution < -0.4 is 10.6 Å². The maximum absolute atomic E-state index is 11.8. The van der Waals surface area contributed by atoms with Gasteiger partial charge in [0.25, 0.3) is 5.91 Å². The summed E-state index contributed by atoms with van der Waals surface area (Å²) >= 11 is 0. The highest BCUT2D eigenvalue weighted by atomic mass is 16.5. The van der Waals surface area contributed by atoms with Crippen LogP contribution >= 0.6 is 0 Å². The molecule has 0 fully saturated rings. The molecule has 0 radical (unpaired) electrons. The molecule has 126 valence electrons. The van der Waals surface area contributed by atoms with Gasteiger partial charge in [-0.05, 0) is 30.7 Å². The molecule has 0 aliphatic carbocycles. The molecule has 0 aromatic heterocycles. The number of nitrogens with zero attached hydrogens (tertiary/aromatic N) is 1. The van der Waals surface area contributed by atoms with E-state index in [0.717, 1.165) is 0 Å². The van der Waals surface area contributed by atoms with Crippen molar-refractivity contribution >= 4 is 23.5 Å². The highest BCUT2D eigenvalue weighted by Gasteiger charge is 2.09. The second kappa shape index (κ2) is 9.63. The lowest BCUT2D eigenvalue weighted by molar-refractivity contribution is -0.137. The minimum atomic E-state index is -0.947. The summed E-state index contributed by atoms with van der Waals surface area (Å²) < 4.78 is 4.58. The maximum atomic E-state index is 11.8. The van der Waals surface area contributed by atoms with Gasteiger partial charge < -0.3 is 20.5 Å². The van der Waals surface area contributed by atoms with E-state index in [4.69, 9.17) is 10.4 Å². The number of nitrogens with one attached hydrogen (secondary N) is 2. The number of carbonyl (C=O) groups excluding carboxylic acids is 2. The fourth-order valence-electron chi connectivity index (χ4n) is 1.66. The van der Waals surface area contributed by atoms with Gasteiger partial charge >= 0.3 is 11.9 Å². The van der Waals surface area contributed by atoms with Gasteiger partial charge in [0.2, 0.25) is 0 Å². The van der Waals surface area contributed by atoms with Gasteiger partial charge in [0, 0.05) is 24.9 Å². The number of anilines is 1. The molecule has 0 aliphatic heterocycles. The monoisotopic (exact) mass is 331 g/mol. The molecule has 0 spiro atoms. The van der Waals surface area contributed by atoms with Gasteiger partial charge in [0.1, 0.15) is 11.6 Å². The van der Waals surface area contributed by atoms with Crippen molar-refractivity contribution in [3.63, 3.8) is 0 Å². The first-order valence-electron chi connectivity index (χ1n) is 7.03. The summed E-state index contributed by atoms with van der Waals surface area (Å²) in [7, 11) is 1.28. The zero-order valence-electron chi connectivity index (χ0n) is 13.0. The summed E-state index contributed by atoms with van der Waals surface area (Å²) in [6.07, 6.45) is 1.46. The normalized spacial score (nSPS) is 10.4. The number of hydrogen-bond acceptors (Lipinski definition) is 6. The Hall–Kier alpha value is -3.34. The molecule has 3 N–H and O–H groups in total. The molecule has 8 nitrogen and oxygen atoms in total. The highest BCUT2D eigenvalue weighted by molar-refractivity contribution is 5.97. The number of ether oxygens (including phenoxy) is 1. The van der Waals surface area contributed by atoms with Crippen LogP contribution in [0.4, 0.5) is 5.69 Å². The van der Waals surface area contributed by atoms with Crippen LogP contribution in [0.1, 0.15) is 23.2 Å². The molecule has 24 heavy (non-hydrogen) atoms. The smallest absolute Gasteiger partial charge is 0.337 e. The second-order valence-electron chi connectivity index (χ2n) is 4.64. The largest absolute Gasteiger partial charge is 0.481 e. The van der Waals surface area contributed by atoms with E-state index in [9.17, 15) is 14.4 Å². The second-order valence-corrected chi connectivity index (χ2v) is 4.64. The van der Waals surface area contributed by atoms with Crippen LogP contribution in [0.3, 0.4) is 0 Å². The number of carboxylic acids is 1. The van der Waals surface area contributed by atoms with Crippen LogP contribution in [0, 0.1) is 11.3 Å². The Morgan fingerprint density at radius 3 is 2.50 bits per heavy atom. The van der Waals surface area contributed by atoms with Crippen LogP contribution in [0.15, 0.2) is 36.0 Å². The Morgan fingerprint density at radius 1 is 1.29 bits per heavy atom. The fourth-order valence-corrected chi connectivity index (χ4v) is 1.66. The van der Waals surface area contributed by atoms with Gasteiger partial charge in [-0.2, -0.15) is 5.26 Å². The van der Waals surface area contributed by atoms with Crippen molar-refractivity contribution in [1.82, 2.24) is 5.32 Å². The van der Waals surface area contributed by atoms with Crippen molar-refractivity contribution in [3.05, 3.63) is 41.6 Å². The molecule has 1 rings (SSSR count). The number of carbonyl (C=O) groups is 3. The van der Waals surface area contributed by atoms with E-state index in [2.05, 4.69) is 15.4 Å². The Labute approximate surface area is 138 Å². The van der Waals surface area contributed by atoms with Crippen LogP contribution in [0.5, 0.6) is 0 Å². The van der Waals surface area contributed by atoms with Gasteiger partial charge in [-0.3, -0.25) is 9.59 Å². The predicted octanol–water partition coefficient (Wildman–Crippen LogP) is 1.27. The van der Waals surface area contributed by atoms with Crippen LogP contribution in [0.25, 0.3) is 0 Å². The molecule has 0 bridgehead atoms. The minimum Gasteiger partial charge on any atom is -0.481 e. The van der Waals surface area contributed by atoms with Crippen molar-refractivity contribution in [3.8, 4) is 6.07 Å². The van der Waals surface area contributed by atoms with Crippen molar-refractivity contribution in [2.45, 2.75) is 12.8 Å². The zero-order chi connectivity index (χ0) is 17.9. The number of rotatable bonds is 8. The first-order valence-corrected chi connectivity index (χ1v) is 7.03. The molecule has 1 aromatic carbocycles. The van der Waals surface area contributed by atoms with E-state index in [1.807, 2.05) is 0 Å².